The molecule has 1 aliphatic heterocycles. The largest absolute Gasteiger partial charge is 0.381 e. The molecule has 2 atom stereocenters. The second kappa shape index (κ2) is 6.75. The van der Waals surface area contributed by atoms with Crippen LogP contribution in [0.5, 0.6) is 0 Å². The van der Waals surface area contributed by atoms with E-state index in [1.54, 1.807) is 0 Å². The van der Waals surface area contributed by atoms with Crippen molar-refractivity contribution in [2.75, 3.05) is 13.2 Å². The zero-order chi connectivity index (χ0) is 16.2. The number of fused-ring (bicyclic) bond motifs is 1. The highest BCUT2D eigenvalue weighted by Gasteiger charge is 2.27. The highest BCUT2D eigenvalue weighted by molar-refractivity contribution is 5.88. The lowest BCUT2D eigenvalue weighted by Gasteiger charge is -2.17. The van der Waals surface area contributed by atoms with Crippen molar-refractivity contribution in [3.05, 3.63) is 42.1 Å². The van der Waals surface area contributed by atoms with Gasteiger partial charge in [0, 0.05) is 24.1 Å². The number of nitrogens with two attached hydrogens (primary N) is 1. The Bertz CT molecular complexity index is 726. The maximum absolute atomic E-state index is 12.1. The number of benzene rings is 1. The van der Waals surface area contributed by atoms with Gasteiger partial charge in [-0.2, -0.15) is 0 Å². The van der Waals surface area contributed by atoms with Crippen LogP contribution in [-0.4, -0.2) is 36.1 Å². The summed E-state index contributed by atoms with van der Waals surface area (Å²) >= 11 is 0. The van der Waals surface area contributed by atoms with Gasteiger partial charge in [-0.15, -0.1) is 0 Å². The first-order chi connectivity index (χ1) is 11.1. The van der Waals surface area contributed by atoms with Crippen molar-refractivity contribution in [3.63, 3.8) is 0 Å². The Labute approximate surface area is 134 Å². The van der Waals surface area contributed by atoms with Crippen LogP contribution in [0.4, 0.5) is 0 Å². The van der Waals surface area contributed by atoms with E-state index < -0.39 is 11.9 Å². The monoisotopic (exact) mass is 313 g/mol. The van der Waals surface area contributed by atoms with E-state index in [9.17, 15) is 9.59 Å². The molecule has 0 saturated carbocycles. The molecule has 1 aliphatic rings. The molecule has 1 aromatic heterocycles. The molecule has 0 unspecified atom stereocenters. The minimum atomic E-state index is -0.767. The minimum Gasteiger partial charge on any atom is -0.381 e. The summed E-state index contributed by atoms with van der Waals surface area (Å²) in [5, 5.41) is 3.75. The fourth-order valence-corrected chi connectivity index (χ4v) is 2.68. The van der Waals surface area contributed by atoms with Crippen LogP contribution in [0.15, 0.2) is 36.4 Å². The van der Waals surface area contributed by atoms with Gasteiger partial charge in [0.05, 0.1) is 18.0 Å². The average Bonchev–Trinajstić information content (AvgIpc) is 3.08. The van der Waals surface area contributed by atoms with E-state index in [2.05, 4.69) is 10.3 Å². The van der Waals surface area contributed by atoms with E-state index in [0.29, 0.717) is 19.6 Å². The van der Waals surface area contributed by atoms with Gasteiger partial charge >= 0.3 is 0 Å². The molecule has 2 heterocycles. The minimum absolute atomic E-state index is 0.188. The zero-order valence-electron chi connectivity index (χ0n) is 12.7. The molecule has 2 amide bonds. The Hall–Kier alpha value is -2.47. The summed E-state index contributed by atoms with van der Waals surface area (Å²) in [5.41, 5.74) is 7.00. The number of nitrogens with zero attached hydrogens (tertiary/aromatic N) is 1. The van der Waals surface area contributed by atoms with Crippen LogP contribution in [0.2, 0.25) is 0 Å². The van der Waals surface area contributed by atoms with E-state index in [1.165, 1.54) is 0 Å². The Kier molecular flexibility index (Phi) is 4.52. The Morgan fingerprint density at radius 3 is 2.87 bits per heavy atom. The van der Waals surface area contributed by atoms with Gasteiger partial charge < -0.3 is 15.8 Å². The number of aromatic nitrogens is 1. The number of ether oxygens (including phenoxy) is 1. The lowest BCUT2D eigenvalue weighted by molar-refractivity contribution is -0.129. The fourth-order valence-electron chi connectivity index (χ4n) is 2.68. The molecule has 1 fully saturated rings. The number of pyridine rings is 1. The van der Waals surface area contributed by atoms with Gasteiger partial charge in [0.1, 0.15) is 6.04 Å². The molecule has 120 valence electrons. The number of carbonyl (C=O) groups excluding carboxylic acids is 2. The first kappa shape index (κ1) is 15.4. The lowest BCUT2D eigenvalue weighted by atomic mass is 10.1. The van der Waals surface area contributed by atoms with Crippen LogP contribution in [0.25, 0.3) is 10.9 Å². The number of rotatable bonds is 5. The molecule has 1 saturated heterocycles. The molecule has 0 bridgehead atoms. The summed E-state index contributed by atoms with van der Waals surface area (Å²) in [6.45, 7) is 0.969. The van der Waals surface area contributed by atoms with Crippen molar-refractivity contribution < 1.29 is 14.3 Å². The third-order valence-corrected chi connectivity index (χ3v) is 4.03. The normalized spacial score (nSPS) is 18.7. The summed E-state index contributed by atoms with van der Waals surface area (Å²) in [4.78, 5) is 28.3. The summed E-state index contributed by atoms with van der Waals surface area (Å²) in [5.74, 6) is -0.958. The van der Waals surface area contributed by atoms with Gasteiger partial charge in [-0.3, -0.25) is 14.6 Å². The van der Waals surface area contributed by atoms with Crippen molar-refractivity contribution >= 4 is 22.7 Å². The first-order valence-corrected chi connectivity index (χ1v) is 7.65. The van der Waals surface area contributed by atoms with Gasteiger partial charge in [-0.1, -0.05) is 24.3 Å². The van der Waals surface area contributed by atoms with E-state index in [-0.39, 0.29) is 18.2 Å². The SMILES string of the molecule is NC(=O)[C@H](Cc1ccc2ccccc2n1)NC(=O)[C@@H]1CCOC1. The summed E-state index contributed by atoms with van der Waals surface area (Å²) in [7, 11) is 0. The number of para-hydroxylation sites is 1. The Morgan fingerprint density at radius 1 is 1.30 bits per heavy atom. The van der Waals surface area contributed by atoms with E-state index >= 15 is 0 Å². The van der Waals surface area contributed by atoms with E-state index in [0.717, 1.165) is 16.6 Å². The standard InChI is InChI=1S/C17H19N3O3/c18-16(21)15(20-17(22)12-7-8-23-10-12)9-13-6-5-11-3-1-2-4-14(11)19-13/h1-6,12,15H,7-10H2,(H2,18,21)(H,20,22)/t12-,15+/m1/s1. The highest BCUT2D eigenvalue weighted by Crippen LogP contribution is 2.15. The third kappa shape index (κ3) is 3.65. The van der Waals surface area contributed by atoms with Crippen LogP contribution in [-0.2, 0) is 20.7 Å². The van der Waals surface area contributed by atoms with Crippen molar-refractivity contribution in [1.82, 2.24) is 10.3 Å². The number of primary amides is 1. The van der Waals surface area contributed by atoms with Crippen LogP contribution in [0.3, 0.4) is 0 Å². The van der Waals surface area contributed by atoms with Crippen LogP contribution in [0.1, 0.15) is 12.1 Å². The van der Waals surface area contributed by atoms with Gasteiger partial charge in [-0.25, -0.2) is 0 Å². The van der Waals surface area contributed by atoms with Crippen LogP contribution >= 0.6 is 0 Å². The highest BCUT2D eigenvalue weighted by atomic mass is 16.5. The van der Waals surface area contributed by atoms with Crippen LogP contribution in [0, 0.1) is 5.92 Å². The maximum atomic E-state index is 12.1. The van der Waals surface area contributed by atoms with Crippen molar-refractivity contribution in [3.8, 4) is 0 Å². The van der Waals surface area contributed by atoms with Gasteiger partial charge in [0.2, 0.25) is 11.8 Å². The molecule has 1 aromatic carbocycles. The molecule has 23 heavy (non-hydrogen) atoms. The molecule has 0 spiro atoms. The lowest BCUT2D eigenvalue weighted by Crippen LogP contribution is -2.48. The van der Waals surface area contributed by atoms with Crippen molar-refractivity contribution in [2.45, 2.75) is 18.9 Å². The maximum Gasteiger partial charge on any atom is 0.240 e. The predicted octanol–water partition coefficient (Wildman–Crippen LogP) is 0.784. The van der Waals surface area contributed by atoms with Gasteiger partial charge in [-0.05, 0) is 18.6 Å². The van der Waals surface area contributed by atoms with Crippen LogP contribution < -0.4 is 11.1 Å². The Balaban J connectivity index is 1.72. The van der Waals surface area contributed by atoms with E-state index in [4.69, 9.17) is 10.5 Å². The second-order valence-electron chi connectivity index (χ2n) is 5.72. The Morgan fingerprint density at radius 2 is 2.13 bits per heavy atom. The number of amides is 2. The number of hydrogen-bond donors (Lipinski definition) is 2. The molecule has 6 nitrogen and oxygen atoms in total. The van der Waals surface area contributed by atoms with E-state index in [1.807, 2.05) is 36.4 Å². The molecule has 0 radical (unpaired) electrons. The number of nitrogens with one attached hydrogen (secondary N) is 1. The quantitative estimate of drug-likeness (QED) is 0.853. The molecule has 3 rings (SSSR count). The van der Waals surface area contributed by atoms with Crippen molar-refractivity contribution in [1.29, 1.82) is 0 Å². The third-order valence-electron chi connectivity index (χ3n) is 4.03. The summed E-state index contributed by atoms with van der Waals surface area (Å²) < 4.78 is 5.20. The first-order valence-electron chi connectivity index (χ1n) is 7.65. The van der Waals surface area contributed by atoms with Gasteiger partial charge in [0.15, 0.2) is 0 Å². The molecular weight excluding hydrogens is 294 g/mol. The number of hydrogen-bond acceptors (Lipinski definition) is 4. The molecule has 0 aliphatic carbocycles. The van der Waals surface area contributed by atoms with Crippen molar-refractivity contribution in [2.24, 2.45) is 11.7 Å². The zero-order valence-corrected chi connectivity index (χ0v) is 12.7. The summed E-state index contributed by atoms with van der Waals surface area (Å²) in [6, 6.07) is 10.8. The topological polar surface area (TPSA) is 94.3 Å². The second-order valence-corrected chi connectivity index (χ2v) is 5.72. The predicted molar refractivity (Wildman–Crippen MR) is 85.5 cm³/mol. The molecular formula is C17H19N3O3. The molecule has 3 N–H and O–H groups in total. The average molecular weight is 313 g/mol. The fraction of sp³-hybridized carbons (Fsp3) is 0.353. The number of carbonyl (C=O) groups is 2. The summed E-state index contributed by atoms with van der Waals surface area (Å²) in [6.07, 6.45) is 0.949. The molecule has 2 aromatic rings. The molecule has 6 heteroatoms. The van der Waals surface area contributed by atoms with Gasteiger partial charge in [0.25, 0.3) is 0 Å². The smallest absolute Gasteiger partial charge is 0.240 e.